The Morgan fingerprint density at radius 2 is 1.64 bits per heavy atom. The second-order valence-corrected chi connectivity index (χ2v) is 6.83. The molecule has 2 N–H and O–H groups in total. The number of carbonyl (C=O) groups excluding carboxylic acids is 1. The molecule has 0 bridgehead atoms. The van der Waals surface area contributed by atoms with Crippen LogP contribution in [0.15, 0.2) is 72.9 Å². The minimum atomic E-state index is -0.275. The zero-order chi connectivity index (χ0) is 19.9. The van der Waals surface area contributed by atoms with Crippen molar-refractivity contribution in [3.05, 3.63) is 84.2 Å². The van der Waals surface area contributed by atoms with Crippen molar-refractivity contribution in [2.24, 2.45) is 0 Å². The monoisotopic (exact) mass is 375 g/mol. The van der Waals surface area contributed by atoms with E-state index in [1.807, 2.05) is 62.4 Å². The second-order valence-electron chi connectivity index (χ2n) is 6.83. The summed E-state index contributed by atoms with van der Waals surface area (Å²) in [6.07, 6.45) is 1.69. The van der Waals surface area contributed by atoms with Crippen LogP contribution in [0.5, 0.6) is 5.75 Å². The number of ether oxygens (including phenoxy) is 1. The molecule has 0 fully saturated rings. The molecule has 5 heteroatoms. The molecule has 0 radical (unpaired) electrons. The number of nitrogens with zero attached hydrogens (tertiary/aromatic N) is 1. The number of nitrogens with one attached hydrogen (secondary N) is 2. The van der Waals surface area contributed by atoms with Crippen molar-refractivity contribution in [2.75, 3.05) is 10.6 Å². The molecule has 144 valence electrons. The van der Waals surface area contributed by atoms with E-state index in [2.05, 4.69) is 34.7 Å². The molecule has 3 aromatic rings. The number of para-hydroxylation sites is 2. The van der Waals surface area contributed by atoms with Crippen LogP contribution in [0, 0.1) is 0 Å². The van der Waals surface area contributed by atoms with Crippen LogP contribution in [-0.2, 0) is 0 Å². The van der Waals surface area contributed by atoms with E-state index in [1.54, 1.807) is 12.3 Å². The van der Waals surface area contributed by atoms with Gasteiger partial charge in [0.15, 0.2) is 0 Å². The Labute approximate surface area is 165 Å². The van der Waals surface area contributed by atoms with E-state index in [0.29, 0.717) is 17.1 Å². The van der Waals surface area contributed by atoms with Crippen molar-refractivity contribution in [3.63, 3.8) is 0 Å². The molecule has 2 aromatic carbocycles. The number of carbonyl (C=O) groups is 1. The summed E-state index contributed by atoms with van der Waals surface area (Å²) in [4.78, 5) is 16.9. The normalized spacial score (nSPS) is 11.7. The molecule has 0 saturated carbocycles. The number of hydrogen-bond donors (Lipinski definition) is 2. The zero-order valence-electron chi connectivity index (χ0n) is 16.3. The van der Waals surface area contributed by atoms with Crippen molar-refractivity contribution in [2.45, 2.75) is 32.9 Å². The van der Waals surface area contributed by atoms with Crippen molar-refractivity contribution in [1.29, 1.82) is 0 Å². The zero-order valence-corrected chi connectivity index (χ0v) is 16.3. The lowest BCUT2D eigenvalue weighted by atomic mass is 10.1. The minimum Gasteiger partial charge on any atom is -0.489 e. The third-order valence-corrected chi connectivity index (χ3v) is 4.18. The van der Waals surface area contributed by atoms with Gasteiger partial charge in [0.05, 0.1) is 23.7 Å². The van der Waals surface area contributed by atoms with E-state index in [0.717, 1.165) is 5.69 Å². The molecule has 28 heavy (non-hydrogen) atoms. The summed E-state index contributed by atoms with van der Waals surface area (Å²) in [6.45, 7) is 5.98. The number of anilines is 2. The van der Waals surface area contributed by atoms with Crippen molar-refractivity contribution >= 4 is 17.3 Å². The average molecular weight is 375 g/mol. The van der Waals surface area contributed by atoms with Crippen LogP contribution in [0.25, 0.3) is 0 Å². The predicted octanol–water partition coefficient (Wildman–Crippen LogP) is 5.29. The number of aromatic nitrogens is 1. The largest absolute Gasteiger partial charge is 0.489 e. The highest BCUT2D eigenvalue weighted by atomic mass is 16.5. The van der Waals surface area contributed by atoms with E-state index >= 15 is 0 Å². The number of pyridine rings is 1. The first kappa shape index (κ1) is 19.4. The molecule has 0 saturated heterocycles. The van der Waals surface area contributed by atoms with Crippen molar-refractivity contribution in [3.8, 4) is 5.75 Å². The first-order valence-electron chi connectivity index (χ1n) is 9.37. The molecule has 1 atom stereocenters. The SMILES string of the molecule is CC(C)Oc1ccccc1NC(=O)c1ccc(NC(C)c2ccccc2)cn1. The Balaban J connectivity index is 1.66. The van der Waals surface area contributed by atoms with E-state index in [1.165, 1.54) is 5.56 Å². The fourth-order valence-electron chi connectivity index (χ4n) is 2.80. The number of amides is 1. The lowest BCUT2D eigenvalue weighted by molar-refractivity contribution is 0.102. The summed E-state index contributed by atoms with van der Waals surface area (Å²) < 4.78 is 5.74. The van der Waals surface area contributed by atoms with Gasteiger partial charge in [0, 0.05) is 6.04 Å². The summed E-state index contributed by atoms with van der Waals surface area (Å²) in [7, 11) is 0. The van der Waals surface area contributed by atoms with Gasteiger partial charge in [-0.3, -0.25) is 4.79 Å². The van der Waals surface area contributed by atoms with Crippen LogP contribution in [0.2, 0.25) is 0 Å². The van der Waals surface area contributed by atoms with Gasteiger partial charge in [0.25, 0.3) is 5.91 Å². The third-order valence-electron chi connectivity index (χ3n) is 4.18. The van der Waals surface area contributed by atoms with E-state index in [-0.39, 0.29) is 18.1 Å². The highest BCUT2D eigenvalue weighted by Crippen LogP contribution is 2.25. The Bertz CT molecular complexity index is 909. The van der Waals surface area contributed by atoms with Gasteiger partial charge in [-0.2, -0.15) is 0 Å². The maximum Gasteiger partial charge on any atom is 0.274 e. The Hall–Kier alpha value is -3.34. The predicted molar refractivity (Wildman–Crippen MR) is 113 cm³/mol. The van der Waals surface area contributed by atoms with Gasteiger partial charge in [0.1, 0.15) is 11.4 Å². The lowest BCUT2D eigenvalue weighted by Gasteiger charge is -2.16. The highest BCUT2D eigenvalue weighted by Gasteiger charge is 2.12. The number of rotatable bonds is 7. The van der Waals surface area contributed by atoms with E-state index in [4.69, 9.17) is 4.74 Å². The summed E-state index contributed by atoms with van der Waals surface area (Å²) >= 11 is 0. The van der Waals surface area contributed by atoms with Crippen LogP contribution in [0.3, 0.4) is 0 Å². The summed E-state index contributed by atoms with van der Waals surface area (Å²) in [6, 6.07) is 21.3. The van der Waals surface area contributed by atoms with Gasteiger partial charge < -0.3 is 15.4 Å². The van der Waals surface area contributed by atoms with Gasteiger partial charge in [0.2, 0.25) is 0 Å². The molecule has 0 aliphatic rings. The van der Waals surface area contributed by atoms with Gasteiger partial charge in [-0.25, -0.2) is 4.98 Å². The van der Waals surface area contributed by atoms with Gasteiger partial charge >= 0.3 is 0 Å². The molecule has 0 spiro atoms. The highest BCUT2D eigenvalue weighted by molar-refractivity contribution is 6.03. The second kappa shape index (κ2) is 9.04. The summed E-state index contributed by atoms with van der Waals surface area (Å²) in [5.41, 5.74) is 3.02. The lowest BCUT2D eigenvalue weighted by Crippen LogP contribution is -2.16. The Kier molecular flexibility index (Phi) is 6.27. The fraction of sp³-hybridized carbons (Fsp3) is 0.217. The molecular weight excluding hydrogens is 350 g/mol. The first-order chi connectivity index (χ1) is 13.5. The van der Waals surface area contributed by atoms with Crippen LogP contribution >= 0.6 is 0 Å². The Morgan fingerprint density at radius 3 is 2.32 bits per heavy atom. The fourth-order valence-corrected chi connectivity index (χ4v) is 2.80. The van der Waals surface area contributed by atoms with Crippen LogP contribution < -0.4 is 15.4 Å². The number of hydrogen-bond acceptors (Lipinski definition) is 4. The van der Waals surface area contributed by atoms with Crippen LogP contribution in [0.1, 0.15) is 42.9 Å². The van der Waals surface area contributed by atoms with Gasteiger partial charge in [-0.05, 0) is 50.6 Å². The average Bonchev–Trinajstić information content (AvgIpc) is 2.70. The first-order valence-corrected chi connectivity index (χ1v) is 9.37. The molecule has 0 aliphatic heterocycles. The molecule has 5 nitrogen and oxygen atoms in total. The van der Waals surface area contributed by atoms with Gasteiger partial charge in [-0.1, -0.05) is 42.5 Å². The van der Waals surface area contributed by atoms with Crippen LogP contribution in [0.4, 0.5) is 11.4 Å². The molecular formula is C23H25N3O2. The number of benzene rings is 2. The summed E-state index contributed by atoms with van der Waals surface area (Å²) in [5.74, 6) is 0.364. The van der Waals surface area contributed by atoms with Gasteiger partial charge in [-0.15, -0.1) is 0 Å². The molecule has 0 aliphatic carbocycles. The molecule has 1 unspecified atom stereocenters. The maximum absolute atomic E-state index is 12.6. The molecule has 3 rings (SSSR count). The van der Waals surface area contributed by atoms with Crippen molar-refractivity contribution < 1.29 is 9.53 Å². The quantitative estimate of drug-likeness (QED) is 0.589. The smallest absolute Gasteiger partial charge is 0.274 e. The standard InChI is InChI=1S/C23H25N3O2/c1-16(2)28-22-12-8-7-11-20(22)26-23(27)21-14-13-19(15-24-21)25-17(3)18-9-5-4-6-10-18/h4-17,25H,1-3H3,(H,26,27). The van der Waals surface area contributed by atoms with E-state index in [9.17, 15) is 4.79 Å². The molecule has 1 amide bonds. The Morgan fingerprint density at radius 1 is 0.929 bits per heavy atom. The summed E-state index contributed by atoms with van der Waals surface area (Å²) in [5, 5.41) is 6.26. The third kappa shape index (κ3) is 5.10. The van der Waals surface area contributed by atoms with Crippen LogP contribution in [-0.4, -0.2) is 17.0 Å². The minimum absolute atomic E-state index is 0.0214. The maximum atomic E-state index is 12.6. The topological polar surface area (TPSA) is 63.2 Å². The van der Waals surface area contributed by atoms with E-state index < -0.39 is 0 Å². The van der Waals surface area contributed by atoms with Crippen molar-refractivity contribution in [1.82, 2.24) is 4.98 Å². The molecule has 1 aromatic heterocycles. The molecule has 1 heterocycles.